The van der Waals surface area contributed by atoms with Crippen LogP contribution in [0.4, 0.5) is 0 Å². The Hall–Kier alpha value is 0.947. The van der Waals surface area contributed by atoms with Crippen LogP contribution in [0.25, 0.3) is 0 Å². The summed E-state index contributed by atoms with van der Waals surface area (Å²) in [5, 5.41) is 0. The molecule has 0 aromatic rings. The average Bonchev–Trinajstić information content (AvgIpc) is 2.09. The van der Waals surface area contributed by atoms with Crippen LogP contribution in [-0.4, -0.2) is 5.57 Å². The highest BCUT2D eigenvalue weighted by molar-refractivity contribution is 14.1. The molecule has 0 bridgehead atoms. The summed E-state index contributed by atoms with van der Waals surface area (Å²) in [6, 6.07) is 3.09. The first-order chi connectivity index (χ1) is 6.12. The fourth-order valence-electron chi connectivity index (χ4n) is 1.59. The summed E-state index contributed by atoms with van der Waals surface area (Å²) in [5.74, 6) is 0. The molecular formula is C11H25ISi. The maximum absolute atomic E-state index is 2.79. The zero-order valence-electron chi connectivity index (χ0n) is 9.53. The molecule has 0 N–H and O–H groups in total. The van der Waals surface area contributed by atoms with E-state index >= 15 is 0 Å². The van der Waals surface area contributed by atoms with Gasteiger partial charge in [0.15, 0.2) is 0 Å². The van der Waals surface area contributed by atoms with Crippen LogP contribution < -0.4 is 0 Å². The van der Waals surface area contributed by atoms with Crippen molar-refractivity contribution in [2.75, 3.05) is 0 Å². The van der Waals surface area contributed by atoms with Gasteiger partial charge in [-0.2, -0.15) is 0 Å². The Labute approximate surface area is 98.1 Å². The van der Waals surface area contributed by atoms with Gasteiger partial charge in [-0.25, -0.2) is 0 Å². The Kier molecular flexibility index (Phi) is 8.87. The number of halogens is 1. The van der Waals surface area contributed by atoms with Crippen molar-refractivity contribution in [3.63, 3.8) is 0 Å². The van der Waals surface area contributed by atoms with Crippen LogP contribution in [0.3, 0.4) is 0 Å². The average molecular weight is 312 g/mol. The van der Waals surface area contributed by atoms with Crippen molar-refractivity contribution < 1.29 is 0 Å². The molecule has 0 aliphatic rings. The molecule has 0 aromatic heterocycles. The lowest BCUT2D eigenvalue weighted by molar-refractivity contribution is 0.696. The summed E-state index contributed by atoms with van der Waals surface area (Å²) >= 11 is 2.79. The van der Waals surface area contributed by atoms with E-state index in [0.717, 1.165) is 0 Å². The van der Waals surface area contributed by atoms with E-state index in [1.807, 2.05) is 0 Å². The zero-order chi connectivity index (χ0) is 10.2. The van der Waals surface area contributed by atoms with Crippen LogP contribution in [0.5, 0.6) is 0 Å². The van der Waals surface area contributed by atoms with Gasteiger partial charge in [0.2, 0.25) is 0 Å². The van der Waals surface area contributed by atoms with Crippen LogP contribution in [0, 0.1) is 0 Å². The second-order valence-corrected chi connectivity index (χ2v) is 16.0. The first-order valence-corrected chi connectivity index (χ1v) is 11.8. The third kappa shape index (κ3) is 9.26. The van der Waals surface area contributed by atoms with Crippen LogP contribution in [0.2, 0.25) is 18.6 Å². The molecule has 0 amide bonds. The summed E-state index contributed by atoms with van der Waals surface area (Å²) in [4.78, 5) is 0. The highest BCUT2D eigenvalue weighted by atomic mass is 127. The van der Waals surface area contributed by atoms with E-state index in [0.29, 0.717) is 0 Å². The second kappa shape index (κ2) is 8.27. The maximum Gasteiger partial charge on any atom is 0.122 e. The smallest absolute Gasteiger partial charge is 0.119 e. The van der Waals surface area contributed by atoms with Gasteiger partial charge in [-0.1, -0.05) is 58.9 Å². The number of hydrogen-bond acceptors (Lipinski definition) is 0. The van der Waals surface area contributed by atoms with Gasteiger partial charge in [0.1, 0.15) is 5.57 Å². The number of rotatable bonds is 8. The fourth-order valence-corrected chi connectivity index (χ4v) is 6.21. The van der Waals surface area contributed by atoms with Crippen LogP contribution in [0.1, 0.15) is 52.4 Å². The standard InChI is InChI=1S/C11H25ISi/c1-4-6-8-9-11-13(3,12)10-7-5-2/h4-11H2,1-3H3. The summed E-state index contributed by atoms with van der Waals surface area (Å²) in [6.07, 6.45) is 8.60. The Morgan fingerprint density at radius 3 is 1.92 bits per heavy atom. The van der Waals surface area contributed by atoms with E-state index in [4.69, 9.17) is 0 Å². The molecule has 0 rings (SSSR count). The molecular weight excluding hydrogens is 287 g/mol. The van der Waals surface area contributed by atoms with Crippen molar-refractivity contribution >= 4 is 27.4 Å². The largest absolute Gasteiger partial charge is 0.122 e. The molecule has 0 heterocycles. The SMILES string of the molecule is CCCCCC[Si](C)(I)CCCC. The van der Waals surface area contributed by atoms with Crippen molar-refractivity contribution in [3.05, 3.63) is 0 Å². The van der Waals surface area contributed by atoms with E-state index in [9.17, 15) is 0 Å². The summed E-state index contributed by atoms with van der Waals surface area (Å²) < 4.78 is 0. The van der Waals surface area contributed by atoms with Gasteiger partial charge in [0.25, 0.3) is 0 Å². The van der Waals surface area contributed by atoms with Gasteiger partial charge in [0.05, 0.1) is 0 Å². The fraction of sp³-hybridized carbons (Fsp3) is 1.00. The van der Waals surface area contributed by atoms with E-state index < -0.39 is 5.57 Å². The summed E-state index contributed by atoms with van der Waals surface area (Å²) in [6.45, 7) is 7.14. The Bertz CT molecular complexity index is 113. The third-order valence-corrected chi connectivity index (χ3v) is 8.63. The van der Waals surface area contributed by atoms with Gasteiger partial charge in [-0.05, 0) is 12.1 Å². The third-order valence-electron chi connectivity index (χ3n) is 2.60. The predicted molar refractivity (Wildman–Crippen MR) is 74.3 cm³/mol. The summed E-state index contributed by atoms with van der Waals surface area (Å²) in [7, 11) is 0. The van der Waals surface area contributed by atoms with Gasteiger partial charge in [-0.15, -0.1) is 21.8 Å². The number of unbranched alkanes of at least 4 members (excludes halogenated alkanes) is 4. The minimum Gasteiger partial charge on any atom is -0.119 e. The molecule has 2 heteroatoms. The van der Waals surface area contributed by atoms with Gasteiger partial charge >= 0.3 is 0 Å². The first kappa shape index (κ1) is 13.9. The Morgan fingerprint density at radius 1 is 0.846 bits per heavy atom. The normalized spacial score (nSPS) is 15.7. The molecule has 0 aromatic carbocycles. The van der Waals surface area contributed by atoms with E-state index in [1.54, 1.807) is 6.04 Å². The molecule has 0 fully saturated rings. The Morgan fingerprint density at radius 2 is 1.38 bits per heavy atom. The molecule has 0 spiro atoms. The van der Waals surface area contributed by atoms with Gasteiger partial charge < -0.3 is 0 Å². The molecule has 1 atom stereocenters. The van der Waals surface area contributed by atoms with Crippen LogP contribution in [0.15, 0.2) is 0 Å². The Balaban J connectivity index is 3.39. The van der Waals surface area contributed by atoms with Gasteiger partial charge in [-0.3, -0.25) is 0 Å². The topological polar surface area (TPSA) is 0 Å². The van der Waals surface area contributed by atoms with Crippen LogP contribution in [-0.2, 0) is 0 Å². The maximum atomic E-state index is 2.79. The van der Waals surface area contributed by atoms with Crippen molar-refractivity contribution in [3.8, 4) is 0 Å². The molecule has 80 valence electrons. The van der Waals surface area contributed by atoms with Crippen LogP contribution >= 0.6 is 21.8 Å². The van der Waals surface area contributed by atoms with E-state index in [2.05, 4.69) is 42.2 Å². The highest BCUT2D eigenvalue weighted by Gasteiger charge is 2.21. The van der Waals surface area contributed by atoms with Crippen molar-refractivity contribution in [1.29, 1.82) is 0 Å². The number of hydrogen-bond donors (Lipinski definition) is 0. The molecule has 1 unspecified atom stereocenters. The minimum absolute atomic E-state index is 0.804. The van der Waals surface area contributed by atoms with E-state index in [1.165, 1.54) is 44.6 Å². The monoisotopic (exact) mass is 312 g/mol. The molecule has 13 heavy (non-hydrogen) atoms. The van der Waals surface area contributed by atoms with Crippen molar-refractivity contribution in [2.45, 2.75) is 71.0 Å². The van der Waals surface area contributed by atoms with Crippen molar-refractivity contribution in [1.82, 2.24) is 0 Å². The quantitative estimate of drug-likeness (QED) is 0.244. The first-order valence-electron chi connectivity index (χ1n) is 5.81. The molecule has 0 saturated carbocycles. The molecule has 0 radical (unpaired) electrons. The molecule has 0 nitrogen and oxygen atoms in total. The zero-order valence-corrected chi connectivity index (χ0v) is 12.7. The molecule has 0 aliphatic heterocycles. The highest BCUT2D eigenvalue weighted by Crippen LogP contribution is 2.28. The minimum atomic E-state index is -0.804. The molecule has 0 aliphatic carbocycles. The molecule has 0 saturated heterocycles. The van der Waals surface area contributed by atoms with Crippen molar-refractivity contribution in [2.24, 2.45) is 0 Å². The summed E-state index contributed by atoms with van der Waals surface area (Å²) in [5.41, 5.74) is -0.804. The van der Waals surface area contributed by atoms with Gasteiger partial charge in [0, 0.05) is 0 Å². The lowest BCUT2D eigenvalue weighted by Gasteiger charge is -2.19. The lowest BCUT2D eigenvalue weighted by Crippen LogP contribution is -2.20. The predicted octanol–water partition coefficient (Wildman–Crippen LogP) is 5.38. The lowest BCUT2D eigenvalue weighted by atomic mass is 10.2. The van der Waals surface area contributed by atoms with E-state index in [-0.39, 0.29) is 0 Å². The second-order valence-electron chi connectivity index (χ2n) is 4.33.